The van der Waals surface area contributed by atoms with Crippen LogP contribution in [-0.2, 0) is 0 Å². The summed E-state index contributed by atoms with van der Waals surface area (Å²) in [6, 6.07) is 3.36. The monoisotopic (exact) mass is 397 g/mol. The Bertz CT molecular complexity index is 1020. The molecular weight excluding hydrogens is 374 g/mol. The molecule has 1 aliphatic heterocycles. The van der Waals surface area contributed by atoms with Crippen molar-refractivity contribution in [1.29, 1.82) is 0 Å². The Hall–Kier alpha value is -3.40. The molecule has 0 unspecified atom stereocenters. The zero-order valence-electron chi connectivity index (χ0n) is 16.2. The van der Waals surface area contributed by atoms with Gasteiger partial charge in [0.25, 0.3) is 5.91 Å². The van der Waals surface area contributed by atoms with E-state index in [4.69, 9.17) is 15.2 Å². The van der Waals surface area contributed by atoms with Crippen LogP contribution >= 0.6 is 0 Å². The standard InChI is InChI=1S/C19H23N7O3/c1-28-14-4-6-21-12-13(14)22-19(27)16-17(20)24-26-10-5-15(23-18(16)26)29-11-3-9-25-7-2-8-25/h4-6,10,12H,2-3,7-9,11H2,1H3,(H2,20,24)(H,22,27). The molecule has 152 valence electrons. The highest BCUT2D eigenvalue weighted by atomic mass is 16.5. The number of rotatable bonds is 8. The van der Waals surface area contributed by atoms with Crippen LogP contribution < -0.4 is 20.5 Å². The minimum Gasteiger partial charge on any atom is -0.494 e. The fourth-order valence-corrected chi connectivity index (χ4v) is 3.14. The van der Waals surface area contributed by atoms with E-state index in [2.05, 4.69) is 25.3 Å². The first-order chi connectivity index (χ1) is 14.2. The van der Waals surface area contributed by atoms with Crippen LogP contribution in [0.2, 0.25) is 0 Å². The van der Waals surface area contributed by atoms with E-state index in [0.29, 0.717) is 29.6 Å². The van der Waals surface area contributed by atoms with Crippen LogP contribution in [0, 0.1) is 0 Å². The molecule has 0 spiro atoms. The summed E-state index contributed by atoms with van der Waals surface area (Å²) in [6.07, 6.45) is 6.94. The van der Waals surface area contributed by atoms with Crippen LogP contribution in [0.25, 0.3) is 5.65 Å². The number of fused-ring (bicyclic) bond motifs is 1. The summed E-state index contributed by atoms with van der Waals surface area (Å²) in [5.74, 6) is 0.538. The number of hydrogen-bond donors (Lipinski definition) is 2. The van der Waals surface area contributed by atoms with Gasteiger partial charge < -0.3 is 25.4 Å². The number of carbonyl (C=O) groups is 1. The van der Waals surface area contributed by atoms with E-state index in [1.165, 1.54) is 37.3 Å². The molecule has 4 heterocycles. The zero-order chi connectivity index (χ0) is 20.2. The van der Waals surface area contributed by atoms with Crippen molar-refractivity contribution in [2.24, 2.45) is 0 Å². The Morgan fingerprint density at radius 3 is 2.97 bits per heavy atom. The highest BCUT2D eigenvalue weighted by Crippen LogP contribution is 2.25. The van der Waals surface area contributed by atoms with Gasteiger partial charge >= 0.3 is 0 Å². The van der Waals surface area contributed by atoms with Gasteiger partial charge in [0.05, 0.1) is 19.9 Å². The average molecular weight is 397 g/mol. The zero-order valence-corrected chi connectivity index (χ0v) is 16.2. The van der Waals surface area contributed by atoms with E-state index in [-0.39, 0.29) is 11.4 Å². The number of hydrogen-bond acceptors (Lipinski definition) is 8. The minimum absolute atomic E-state index is 0.0767. The van der Waals surface area contributed by atoms with Crippen molar-refractivity contribution in [3.63, 3.8) is 0 Å². The topological polar surface area (TPSA) is 120 Å². The van der Waals surface area contributed by atoms with E-state index in [9.17, 15) is 4.79 Å². The van der Waals surface area contributed by atoms with Crippen molar-refractivity contribution in [1.82, 2.24) is 24.5 Å². The molecule has 3 aromatic rings. The molecule has 0 atom stereocenters. The number of anilines is 2. The summed E-state index contributed by atoms with van der Waals surface area (Å²) in [5, 5.41) is 6.91. The van der Waals surface area contributed by atoms with Gasteiger partial charge in [-0.1, -0.05) is 0 Å². The molecule has 0 aliphatic carbocycles. The van der Waals surface area contributed by atoms with Crippen LogP contribution in [-0.4, -0.2) is 63.7 Å². The van der Waals surface area contributed by atoms with Gasteiger partial charge in [-0.15, -0.1) is 5.10 Å². The molecule has 4 rings (SSSR count). The lowest BCUT2D eigenvalue weighted by molar-refractivity contribution is 0.102. The molecule has 0 aromatic carbocycles. The first-order valence-electron chi connectivity index (χ1n) is 9.45. The van der Waals surface area contributed by atoms with Gasteiger partial charge in [-0.25, -0.2) is 4.52 Å². The third kappa shape index (κ3) is 4.06. The van der Waals surface area contributed by atoms with Crippen LogP contribution in [0.3, 0.4) is 0 Å². The molecule has 1 amide bonds. The van der Waals surface area contributed by atoms with Crippen molar-refractivity contribution in [2.45, 2.75) is 12.8 Å². The van der Waals surface area contributed by atoms with E-state index >= 15 is 0 Å². The van der Waals surface area contributed by atoms with E-state index in [0.717, 1.165) is 13.0 Å². The highest BCUT2D eigenvalue weighted by Gasteiger charge is 2.21. The Kier molecular flexibility index (Phi) is 5.43. The van der Waals surface area contributed by atoms with Crippen LogP contribution in [0.4, 0.5) is 11.5 Å². The Labute approximate surface area is 167 Å². The smallest absolute Gasteiger partial charge is 0.263 e. The predicted molar refractivity (Wildman–Crippen MR) is 107 cm³/mol. The van der Waals surface area contributed by atoms with Gasteiger partial charge in [0.1, 0.15) is 17.0 Å². The van der Waals surface area contributed by atoms with Gasteiger partial charge in [-0.2, -0.15) is 4.98 Å². The van der Waals surface area contributed by atoms with E-state index in [1.54, 1.807) is 24.5 Å². The number of pyridine rings is 1. The summed E-state index contributed by atoms with van der Waals surface area (Å²) in [7, 11) is 1.52. The molecule has 1 fully saturated rings. The molecule has 10 nitrogen and oxygen atoms in total. The molecule has 0 radical (unpaired) electrons. The van der Waals surface area contributed by atoms with Crippen LogP contribution in [0.5, 0.6) is 11.6 Å². The van der Waals surface area contributed by atoms with Gasteiger partial charge in [0.15, 0.2) is 11.5 Å². The molecule has 3 aromatic heterocycles. The predicted octanol–water partition coefficient (Wildman–Crippen LogP) is 1.44. The maximum atomic E-state index is 12.9. The van der Waals surface area contributed by atoms with Crippen molar-refractivity contribution < 1.29 is 14.3 Å². The number of nitrogens with one attached hydrogen (secondary N) is 1. The normalized spacial score (nSPS) is 13.8. The fraction of sp³-hybridized carbons (Fsp3) is 0.368. The quantitative estimate of drug-likeness (QED) is 0.548. The molecular formula is C19H23N7O3. The van der Waals surface area contributed by atoms with E-state index < -0.39 is 5.91 Å². The van der Waals surface area contributed by atoms with Gasteiger partial charge in [-0.05, 0) is 25.9 Å². The highest BCUT2D eigenvalue weighted by molar-refractivity contribution is 6.12. The second-order valence-electron chi connectivity index (χ2n) is 6.72. The van der Waals surface area contributed by atoms with Crippen LogP contribution in [0.15, 0.2) is 30.7 Å². The third-order valence-electron chi connectivity index (χ3n) is 4.78. The molecule has 3 N–H and O–H groups in total. The number of nitrogens with zero attached hydrogens (tertiary/aromatic N) is 5. The Morgan fingerprint density at radius 1 is 1.34 bits per heavy atom. The van der Waals surface area contributed by atoms with Gasteiger partial charge in [-0.3, -0.25) is 9.78 Å². The number of aromatic nitrogens is 4. The van der Waals surface area contributed by atoms with Crippen molar-refractivity contribution in [2.75, 3.05) is 44.4 Å². The minimum atomic E-state index is -0.453. The number of methoxy groups -OCH3 is 1. The molecule has 0 saturated carbocycles. The lowest BCUT2D eigenvalue weighted by atomic mass is 10.2. The fourth-order valence-electron chi connectivity index (χ4n) is 3.14. The van der Waals surface area contributed by atoms with Gasteiger partial charge in [0.2, 0.25) is 5.88 Å². The summed E-state index contributed by atoms with van der Waals surface area (Å²) in [4.78, 5) is 23.7. The van der Waals surface area contributed by atoms with Crippen LogP contribution in [0.1, 0.15) is 23.2 Å². The second kappa shape index (κ2) is 8.31. The number of nitrogens with two attached hydrogens (primary N) is 1. The first kappa shape index (κ1) is 18.9. The maximum Gasteiger partial charge on any atom is 0.263 e. The Morgan fingerprint density at radius 2 is 2.21 bits per heavy atom. The summed E-state index contributed by atoms with van der Waals surface area (Å²) < 4.78 is 12.4. The Balaban J connectivity index is 1.50. The van der Waals surface area contributed by atoms with E-state index in [1.807, 2.05) is 0 Å². The largest absolute Gasteiger partial charge is 0.494 e. The number of nitrogen functional groups attached to an aromatic ring is 1. The molecule has 10 heteroatoms. The lowest BCUT2D eigenvalue weighted by Gasteiger charge is -2.30. The SMILES string of the molecule is COc1ccncc1NC(=O)c1c(N)nn2ccc(OCCCN3CCC3)nc12. The number of likely N-dealkylation sites (tertiary alicyclic amines) is 1. The second-order valence-corrected chi connectivity index (χ2v) is 6.72. The molecule has 0 bridgehead atoms. The maximum absolute atomic E-state index is 12.9. The summed E-state index contributed by atoms with van der Waals surface area (Å²) in [5.41, 5.74) is 6.90. The third-order valence-corrected chi connectivity index (χ3v) is 4.78. The molecule has 29 heavy (non-hydrogen) atoms. The van der Waals surface area contributed by atoms with Crippen molar-refractivity contribution in [3.05, 3.63) is 36.3 Å². The van der Waals surface area contributed by atoms with Gasteiger partial charge in [0, 0.05) is 31.1 Å². The lowest BCUT2D eigenvalue weighted by Crippen LogP contribution is -2.38. The average Bonchev–Trinajstić information content (AvgIpc) is 3.02. The summed E-state index contributed by atoms with van der Waals surface area (Å²) >= 11 is 0. The summed E-state index contributed by atoms with van der Waals surface area (Å²) in [6.45, 7) is 3.90. The number of amides is 1. The van der Waals surface area contributed by atoms with Crippen molar-refractivity contribution >= 4 is 23.1 Å². The molecule has 1 saturated heterocycles. The number of carbonyl (C=O) groups excluding carboxylic acids is 1. The number of ether oxygens (including phenoxy) is 2. The molecule has 1 aliphatic rings. The van der Waals surface area contributed by atoms with Crippen molar-refractivity contribution in [3.8, 4) is 11.6 Å². The first-order valence-corrected chi connectivity index (χ1v) is 9.45.